The Labute approximate surface area is 137 Å². The van der Waals surface area contributed by atoms with Crippen molar-refractivity contribution in [2.45, 2.75) is 26.9 Å². The maximum absolute atomic E-state index is 8.19. The van der Waals surface area contributed by atoms with Crippen LogP contribution in [0.2, 0.25) is 13.1 Å². The number of aliphatic imine (C=N–C) groups is 1. The first-order chi connectivity index (χ1) is 6.49. The summed E-state index contributed by atoms with van der Waals surface area (Å²) in [6.45, 7) is 7.84. The van der Waals surface area contributed by atoms with E-state index in [0.29, 0.717) is 0 Å². The van der Waals surface area contributed by atoms with Gasteiger partial charge in [-0.1, -0.05) is 0 Å². The second-order valence-electron chi connectivity index (χ2n) is 3.86. The van der Waals surface area contributed by atoms with E-state index in [1.165, 1.54) is 11.1 Å². The van der Waals surface area contributed by atoms with Crippen LogP contribution in [0, 0.1) is 0 Å². The number of rotatable bonds is 0. The SMILES string of the molecule is CC1=CC2=CC(C)=NC2=C1.C[SiH](C)O.[Cl-].[Cl-].[Zr+2]. The van der Waals surface area contributed by atoms with Gasteiger partial charge in [-0.25, -0.2) is 0 Å². The molecule has 17 heavy (non-hydrogen) atoms. The molecule has 0 radical (unpaired) electrons. The van der Waals surface area contributed by atoms with Gasteiger partial charge in [0.25, 0.3) is 0 Å². The van der Waals surface area contributed by atoms with Crippen LogP contribution in [-0.2, 0) is 26.2 Å². The molecule has 0 saturated carbocycles. The summed E-state index contributed by atoms with van der Waals surface area (Å²) in [5.41, 5.74) is 4.83. The van der Waals surface area contributed by atoms with Crippen LogP contribution >= 0.6 is 0 Å². The number of nitrogens with zero attached hydrogens (tertiary/aromatic N) is 1. The fourth-order valence-corrected chi connectivity index (χ4v) is 1.32. The second-order valence-corrected chi connectivity index (χ2v) is 6.05. The molecule has 0 aromatic rings. The minimum atomic E-state index is -1.14. The van der Waals surface area contributed by atoms with Gasteiger partial charge in [0.15, 0.2) is 9.04 Å². The van der Waals surface area contributed by atoms with E-state index < -0.39 is 9.04 Å². The Morgan fingerprint density at radius 3 is 1.94 bits per heavy atom. The Kier molecular flexibility index (Phi) is 13.9. The van der Waals surface area contributed by atoms with Crippen LogP contribution in [0.4, 0.5) is 0 Å². The van der Waals surface area contributed by atoms with Crippen molar-refractivity contribution in [3.63, 3.8) is 0 Å². The third-order valence-electron chi connectivity index (χ3n) is 1.70. The third-order valence-corrected chi connectivity index (χ3v) is 1.70. The molecular formula is C11H17Cl2NOSiZr. The Balaban J connectivity index is -0.000000252. The first-order valence-corrected chi connectivity index (χ1v) is 7.67. The average molecular weight is 369 g/mol. The zero-order valence-electron chi connectivity index (χ0n) is 10.5. The Morgan fingerprint density at radius 1 is 1.06 bits per heavy atom. The summed E-state index contributed by atoms with van der Waals surface area (Å²) in [7, 11) is -1.14. The summed E-state index contributed by atoms with van der Waals surface area (Å²) in [6.07, 6.45) is 6.39. The van der Waals surface area contributed by atoms with Gasteiger partial charge in [0.05, 0.1) is 5.70 Å². The fraction of sp³-hybridized carbons (Fsp3) is 0.364. The largest absolute Gasteiger partial charge is 2.00 e. The van der Waals surface area contributed by atoms with Crippen molar-refractivity contribution >= 4 is 14.8 Å². The van der Waals surface area contributed by atoms with Crippen LogP contribution in [-0.4, -0.2) is 19.5 Å². The van der Waals surface area contributed by atoms with E-state index >= 15 is 0 Å². The van der Waals surface area contributed by atoms with E-state index in [1.807, 2.05) is 20.0 Å². The topological polar surface area (TPSA) is 32.6 Å². The van der Waals surface area contributed by atoms with Crippen LogP contribution < -0.4 is 24.8 Å². The molecule has 1 heterocycles. The molecule has 1 N–H and O–H groups in total. The number of hydrogen-bond acceptors (Lipinski definition) is 2. The van der Waals surface area contributed by atoms with Crippen molar-refractivity contribution in [3.05, 3.63) is 35.1 Å². The van der Waals surface area contributed by atoms with E-state index in [9.17, 15) is 0 Å². The summed E-state index contributed by atoms with van der Waals surface area (Å²) in [4.78, 5) is 12.5. The summed E-state index contributed by atoms with van der Waals surface area (Å²) >= 11 is 0. The summed E-state index contributed by atoms with van der Waals surface area (Å²) < 4.78 is 0. The van der Waals surface area contributed by atoms with E-state index in [2.05, 4.69) is 30.1 Å². The van der Waals surface area contributed by atoms with Gasteiger partial charge in [-0.3, -0.25) is 4.99 Å². The molecule has 0 fully saturated rings. The van der Waals surface area contributed by atoms with Gasteiger partial charge in [-0.2, -0.15) is 0 Å². The zero-order chi connectivity index (χ0) is 10.7. The smallest absolute Gasteiger partial charge is 1.00 e. The predicted octanol–water partition coefficient (Wildman–Crippen LogP) is -3.80. The molecule has 2 aliphatic rings. The van der Waals surface area contributed by atoms with Crippen LogP contribution in [0.5, 0.6) is 0 Å². The fourth-order valence-electron chi connectivity index (χ4n) is 1.32. The quantitative estimate of drug-likeness (QED) is 0.437. The van der Waals surface area contributed by atoms with Crippen molar-refractivity contribution in [2.24, 2.45) is 4.99 Å². The van der Waals surface area contributed by atoms with Gasteiger partial charge >= 0.3 is 26.2 Å². The molecule has 0 aromatic heterocycles. The van der Waals surface area contributed by atoms with Gasteiger partial charge in [0, 0.05) is 11.3 Å². The number of halogens is 2. The van der Waals surface area contributed by atoms with Gasteiger partial charge in [-0.15, -0.1) is 0 Å². The van der Waals surface area contributed by atoms with E-state index in [-0.39, 0.29) is 51.0 Å². The van der Waals surface area contributed by atoms with Gasteiger partial charge in [-0.05, 0) is 50.7 Å². The zero-order valence-corrected chi connectivity index (χ0v) is 15.6. The normalized spacial score (nSPS) is 14.7. The molecule has 0 atom stereocenters. The third kappa shape index (κ3) is 8.28. The average Bonchev–Trinajstić information content (AvgIpc) is 2.41. The monoisotopic (exact) mass is 367 g/mol. The van der Waals surface area contributed by atoms with E-state index in [0.717, 1.165) is 11.4 Å². The first-order valence-electron chi connectivity index (χ1n) is 4.84. The van der Waals surface area contributed by atoms with Gasteiger partial charge in [0.1, 0.15) is 0 Å². The number of fused-ring (bicyclic) bond motifs is 1. The van der Waals surface area contributed by atoms with Crippen LogP contribution in [0.1, 0.15) is 13.8 Å². The van der Waals surface area contributed by atoms with Gasteiger partial charge in [0.2, 0.25) is 0 Å². The molecule has 0 amide bonds. The van der Waals surface area contributed by atoms with Crippen molar-refractivity contribution in [3.8, 4) is 0 Å². The minimum absolute atomic E-state index is 0. The van der Waals surface area contributed by atoms with Crippen molar-refractivity contribution in [1.82, 2.24) is 0 Å². The molecule has 0 unspecified atom stereocenters. The maximum Gasteiger partial charge on any atom is 2.00 e. The molecular weight excluding hydrogens is 352 g/mol. The molecule has 1 aliphatic heterocycles. The standard InChI is InChI=1S/C9H9N.C2H8OSi.2ClH.Zr/c1-6-3-8-5-7(2)10-9(8)4-6;1-4(2)3;;;/h3-5H,1-2H3;3-4H,1-2H3;2*1H;/q;;;;+2/p-2. The molecule has 6 heteroatoms. The van der Waals surface area contributed by atoms with Crippen molar-refractivity contribution < 1.29 is 55.8 Å². The number of allylic oxidation sites excluding steroid dienone is 4. The molecule has 94 valence electrons. The van der Waals surface area contributed by atoms with E-state index in [4.69, 9.17) is 4.80 Å². The minimum Gasteiger partial charge on any atom is -1.00 e. The second kappa shape index (κ2) is 10.5. The Morgan fingerprint density at radius 2 is 1.53 bits per heavy atom. The molecule has 2 rings (SSSR count). The van der Waals surface area contributed by atoms with Crippen LogP contribution in [0.25, 0.3) is 0 Å². The van der Waals surface area contributed by atoms with Crippen molar-refractivity contribution in [2.75, 3.05) is 0 Å². The molecule has 0 aromatic carbocycles. The summed E-state index contributed by atoms with van der Waals surface area (Å²) in [6, 6.07) is 0. The van der Waals surface area contributed by atoms with Crippen LogP contribution in [0.3, 0.4) is 0 Å². The van der Waals surface area contributed by atoms with Gasteiger partial charge < -0.3 is 29.6 Å². The Bertz CT molecular complexity index is 328. The molecule has 1 aliphatic carbocycles. The predicted molar refractivity (Wildman–Crippen MR) is 64.1 cm³/mol. The van der Waals surface area contributed by atoms with E-state index in [1.54, 1.807) is 0 Å². The first kappa shape index (κ1) is 22.7. The maximum atomic E-state index is 8.19. The van der Waals surface area contributed by atoms with Crippen LogP contribution in [0.15, 0.2) is 40.1 Å². The molecule has 2 nitrogen and oxygen atoms in total. The Hall–Kier alpha value is 0.530. The summed E-state index contributed by atoms with van der Waals surface area (Å²) in [5.74, 6) is 0. The molecule has 0 bridgehead atoms. The number of hydrogen-bond donors (Lipinski definition) is 1. The van der Waals surface area contributed by atoms with Crippen molar-refractivity contribution in [1.29, 1.82) is 0 Å². The summed E-state index contributed by atoms with van der Waals surface area (Å²) in [5, 5.41) is 0. The molecule has 0 saturated heterocycles. The molecule has 0 spiro atoms.